The fourth-order valence-electron chi connectivity index (χ4n) is 3.77. The number of nitrogens with zero attached hydrogens (tertiary/aromatic N) is 4. The van der Waals surface area contributed by atoms with Gasteiger partial charge in [0.2, 0.25) is 5.91 Å². The monoisotopic (exact) mass is 431 g/mol. The van der Waals surface area contributed by atoms with Gasteiger partial charge in [-0.25, -0.2) is 9.69 Å². The van der Waals surface area contributed by atoms with E-state index >= 15 is 0 Å². The molecule has 0 atom stereocenters. The molecule has 4 rings (SSSR count). The molecule has 2 aromatic carbocycles. The van der Waals surface area contributed by atoms with Gasteiger partial charge in [0.15, 0.2) is 0 Å². The van der Waals surface area contributed by atoms with Gasteiger partial charge in [-0.05, 0) is 37.6 Å². The van der Waals surface area contributed by atoms with E-state index in [1.807, 2.05) is 43.3 Å². The lowest BCUT2D eigenvalue weighted by molar-refractivity contribution is -0.140. The Labute approximate surface area is 186 Å². The molecule has 2 heterocycles. The quantitative estimate of drug-likeness (QED) is 0.650. The maximum atomic E-state index is 13.2. The average molecular weight is 431 g/mol. The van der Waals surface area contributed by atoms with Crippen molar-refractivity contribution in [2.75, 3.05) is 19.6 Å². The number of benzene rings is 2. The summed E-state index contributed by atoms with van der Waals surface area (Å²) in [6, 6.07) is 18.4. The zero-order valence-electron chi connectivity index (χ0n) is 17.9. The molecule has 1 aliphatic rings. The number of rotatable bonds is 6. The van der Waals surface area contributed by atoms with Gasteiger partial charge in [-0.3, -0.25) is 19.4 Å². The third-order valence-corrected chi connectivity index (χ3v) is 5.45. The summed E-state index contributed by atoms with van der Waals surface area (Å²) in [5, 5.41) is 10.1. The Hall–Kier alpha value is -3.94. The van der Waals surface area contributed by atoms with Crippen molar-refractivity contribution in [2.24, 2.45) is 0 Å². The van der Waals surface area contributed by atoms with Gasteiger partial charge in [-0.1, -0.05) is 36.4 Å². The second kappa shape index (κ2) is 9.47. The number of aromatic nitrogens is 2. The first-order chi connectivity index (χ1) is 15.6. The van der Waals surface area contributed by atoms with Crippen LogP contribution in [0.3, 0.4) is 0 Å². The average Bonchev–Trinajstić information content (AvgIpc) is 3.47. The lowest BCUT2D eigenvalue weighted by Crippen LogP contribution is -2.45. The fraction of sp³-hybridized carbons (Fsp3) is 0.250. The number of hydrazine groups is 1. The molecule has 32 heavy (non-hydrogen) atoms. The second-order valence-corrected chi connectivity index (χ2v) is 7.56. The molecule has 0 aliphatic carbocycles. The Morgan fingerprint density at radius 3 is 2.31 bits per heavy atom. The molecule has 3 amide bonds. The molecule has 0 radical (unpaired) electrons. The van der Waals surface area contributed by atoms with Gasteiger partial charge < -0.3 is 5.32 Å². The Morgan fingerprint density at radius 1 is 0.938 bits per heavy atom. The van der Waals surface area contributed by atoms with Crippen LogP contribution in [0.2, 0.25) is 0 Å². The predicted molar refractivity (Wildman–Crippen MR) is 119 cm³/mol. The van der Waals surface area contributed by atoms with Crippen LogP contribution in [0.25, 0.3) is 5.69 Å². The van der Waals surface area contributed by atoms with Crippen LogP contribution >= 0.6 is 0 Å². The first kappa shape index (κ1) is 21.3. The lowest BCUT2D eigenvalue weighted by Gasteiger charge is -2.28. The van der Waals surface area contributed by atoms with Crippen LogP contribution in [0, 0.1) is 6.92 Å². The summed E-state index contributed by atoms with van der Waals surface area (Å²) in [5.74, 6) is -0.669. The summed E-state index contributed by atoms with van der Waals surface area (Å²) in [6.07, 6.45) is 2.37. The van der Waals surface area contributed by atoms with Crippen LogP contribution in [0.4, 0.5) is 0 Å². The molecule has 0 unspecified atom stereocenters. The van der Waals surface area contributed by atoms with Crippen molar-refractivity contribution in [1.29, 1.82) is 0 Å². The van der Waals surface area contributed by atoms with Gasteiger partial charge in [-0.15, -0.1) is 0 Å². The normalized spacial score (nSPS) is 13.3. The number of para-hydroxylation sites is 1. The van der Waals surface area contributed by atoms with E-state index in [4.69, 9.17) is 0 Å². The molecule has 0 saturated carbocycles. The number of amides is 3. The van der Waals surface area contributed by atoms with Gasteiger partial charge in [0, 0.05) is 31.6 Å². The SMILES string of the molecule is Cc1c(C(=O)N2CCCN2C(=O)CCNC(=O)c2ccccc2)cnn1-c1ccccc1. The highest BCUT2D eigenvalue weighted by Gasteiger charge is 2.32. The van der Waals surface area contributed by atoms with E-state index in [-0.39, 0.29) is 30.7 Å². The molecule has 1 N–H and O–H groups in total. The van der Waals surface area contributed by atoms with E-state index in [0.29, 0.717) is 30.6 Å². The molecule has 8 nitrogen and oxygen atoms in total. The highest BCUT2D eigenvalue weighted by atomic mass is 16.2. The van der Waals surface area contributed by atoms with Crippen molar-refractivity contribution in [3.63, 3.8) is 0 Å². The Morgan fingerprint density at radius 2 is 1.59 bits per heavy atom. The molecule has 8 heteroatoms. The molecule has 0 spiro atoms. The number of carbonyl (C=O) groups is 3. The van der Waals surface area contributed by atoms with Gasteiger partial charge in [0.1, 0.15) is 0 Å². The van der Waals surface area contributed by atoms with Crippen LogP contribution in [0.1, 0.15) is 39.3 Å². The van der Waals surface area contributed by atoms with Crippen molar-refractivity contribution in [2.45, 2.75) is 19.8 Å². The smallest absolute Gasteiger partial charge is 0.275 e. The van der Waals surface area contributed by atoms with Crippen LogP contribution in [0.5, 0.6) is 0 Å². The minimum Gasteiger partial charge on any atom is -0.352 e. The molecule has 1 fully saturated rings. The highest BCUT2D eigenvalue weighted by molar-refractivity contribution is 5.97. The summed E-state index contributed by atoms with van der Waals surface area (Å²) < 4.78 is 1.72. The van der Waals surface area contributed by atoms with E-state index in [2.05, 4.69) is 10.4 Å². The third kappa shape index (κ3) is 4.39. The van der Waals surface area contributed by atoms with Gasteiger partial charge in [-0.2, -0.15) is 5.10 Å². The Balaban J connectivity index is 1.39. The van der Waals surface area contributed by atoms with Gasteiger partial charge >= 0.3 is 0 Å². The Bertz CT molecular complexity index is 1110. The topological polar surface area (TPSA) is 87.5 Å². The largest absolute Gasteiger partial charge is 0.352 e. The molecule has 1 aromatic heterocycles. The predicted octanol–water partition coefficient (Wildman–Crippen LogP) is 2.59. The van der Waals surface area contributed by atoms with Crippen molar-refractivity contribution in [3.8, 4) is 5.69 Å². The molecule has 1 saturated heterocycles. The van der Waals surface area contributed by atoms with E-state index in [0.717, 1.165) is 11.4 Å². The molecule has 0 bridgehead atoms. The summed E-state index contributed by atoms with van der Waals surface area (Å²) in [7, 11) is 0. The van der Waals surface area contributed by atoms with Crippen LogP contribution in [0.15, 0.2) is 66.9 Å². The summed E-state index contributed by atoms with van der Waals surface area (Å²) in [5.41, 5.74) is 2.60. The minimum atomic E-state index is -0.246. The first-order valence-corrected chi connectivity index (χ1v) is 10.6. The number of hydrogen-bond donors (Lipinski definition) is 1. The maximum Gasteiger partial charge on any atom is 0.275 e. The zero-order valence-corrected chi connectivity index (χ0v) is 17.9. The molecule has 3 aromatic rings. The third-order valence-electron chi connectivity index (χ3n) is 5.45. The van der Waals surface area contributed by atoms with Crippen LogP contribution in [-0.4, -0.2) is 57.2 Å². The van der Waals surface area contributed by atoms with E-state index < -0.39 is 0 Å². The Kier molecular flexibility index (Phi) is 6.30. The summed E-state index contributed by atoms with van der Waals surface area (Å²) >= 11 is 0. The second-order valence-electron chi connectivity index (χ2n) is 7.56. The summed E-state index contributed by atoms with van der Waals surface area (Å²) in [4.78, 5) is 38.1. The number of carbonyl (C=O) groups excluding carboxylic acids is 3. The van der Waals surface area contributed by atoms with Crippen molar-refractivity contribution >= 4 is 17.7 Å². The zero-order chi connectivity index (χ0) is 22.5. The standard InChI is InChI=1S/C24H25N5O3/c1-18-21(17-26-29(18)20-11-6-3-7-12-20)24(32)28-16-8-15-27(28)22(30)13-14-25-23(31)19-9-4-2-5-10-19/h2-7,9-12,17H,8,13-16H2,1H3,(H,25,31). The minimum absolute atomic E-state index is 0.116. The van der Waals surface area contributed by atoms with Crippen molar-refractivity contribution in [1.82, 2.24) is 25.1 Å². The van der Waals surface area contributed by atoms with Crippen LogP contribution < -0.4 is 5.32 Å². The van der Waals surface area contributed by atoms with Crippen molar-refractivity contribution < 1.29 is 14.4 Å². The number of nitrogens with one attached hydrogen (secondary N) is 1. The lowest BCUT2D eigenvalue weighted by atomic mass is 10.2. The number of hydrogen-bond acceptors (Lipinski definition) is 4. The molecular weight excluding hydrogens is 406 g/mol. The highest BCUT2D eigenvalue weighted by Crippen LogP contribution is 2.20. The van der Waals surface area contributed by atoms with Crippen molar-refractivity contribution in [3.05, 3.63) is 83.7 Å². The van der Waals surface area contributed by atoms with Gasteiger partial charge in [0.05, 0.1) is 23.1 Å². The van der Waals surface area contributed by atoms with Crippen LogP contribution in [-0.2, 0) is 4.79 Å². The summed E-state index contributed by atoms with van der Waals surface area (Å²) in [6.45, 7) is 2.99. The first-order valence-electron chi connectivity index (χ1n) is 10.6. The van der Waals surface area contributed by atoms with E-state index in [1.54, 1.807) is 35.1 Å². The molecule has 164 valence electrons. The maximum absolute atomic E-state index is 13.2. The van der Waals surface area contributed by atoms with E-state index in [9.17, 15) is 14.4 Å². The molecule has 1 aliphatic heterocycles. The van der Waals surface area contributed by atoms with Gasteiger partial charge in [0.25, 0.3) is 11.8 Å². The molecular formula is C24H25N5O3. The fourth-order valence-corrected chi connectivity index (χ4v) is 3.77. The van der Waals surface area contributed by atoms with E-state index in [1.165, 1.54) is 10.0 Å².